The minimum Gasteiger partial charge on any atom is -0.309 e. The molecule has 0 saturated carbocycles. The van der Waals surface area contributed by atoms with E-state index in [0.29, 0.717) is 0 Å². The number of aryl methyl sites for hydroxylation is 4. The quantitative estimate of drug-likeness (QED) is 0.164. The zero-order valence-corrected chi connectivity index (χ0v) is 38.4. The molecule has 0 aliphatic rings. The lowest BCUT2D eigenvalue weighted by atomic mass is 9.96. The zero-order valence-electron chi connectivity index (χ0n) is 38.4. The molecule has 322 valence electrons. The van der Waals surface area contributed by atoms with Crippen LogP contribution in [-0.4, -0.2) is 18.3 Å². The van der Waals surface area contributed by atoms with E-state index in [4.69, 9.17) is 0 Å². The predicted molar refractivity (Wildman–Crippen MR) is 288 cm³/mol. The minimum atomic E-state index is 1.13. The maximum Gasteiger partial charge on any atom is 0.0549 e. The van der Waals surface area contributed by atoms with Crippen LogP contribution in [0.4, 0.5) is 0 Å². The van der Waals surface area contributed by atoms with Crippen LogP contribution >= 0.6 is 0 Å². The topological polar surface area (TPSA) is 19.7 Å². The van der Waals surface area contributed by atoms with Gasteiger partial charge in [-0.15, -0.1) is 0 Å². The number of rotatable bonds is 5. The first-order valence-electron chi connectivity index (χ1n) is 23.7. The molecular formula is C64H46N4. The van der Waals surface area contributed by atoms with Gasteiger partial charge < -0.3 is 18.3 Å². The summed E-state index contributed by atoms with van der Waals surface area (Å²) in [5.41, 5.74) is 21.2. The molecular weight excluding hydrogens is 825 g/mol. The number of fused-ring (bicyclic) bond motifs is 12. The lowest BCUT2D eigenvalue weighted by Crippen LogP contribution is -2.03. The third-order valence-electron chi connectivity index (χ3n) is 14.5. The van der Waals surface area contributed by atoms with Gasteiger partial charge in [-0.2, -0.15) is 0 Å². The van der Waals surface area contributed by atoms with Crippen molar-refractivity contribution in [2.75, 3.05) is 0 Å². The van der Waals surface area contributed by atoms with E-state index < -0.39 is 0 Å². The first kappa shape index (κ1) is 38.6. The second kappa shape index (κ2) is 14.4. The summed E-state index contributed by atoms with van der Waals surface area (Å²) in [6.45, 7) is 8.82. The highest BCUT2D eigenvalue weighted by molar-refractivity contribution is 6.17. The van der Waals surface area contributed by atoms with Crippen LogP contribution in [0.15, 0.2) is 206 Å². The van der Waals surface area contributed by atoms with Gasteiger partial charge in [-0.3, -0.25) is 0 Å². The van der Waals surface area contributed by atoms with E-state index in [1.165, 1.54) is 98.4 Å². The highest BCUT2D eigenvalue weighted by Crippen LogP contribution is 2.47. The Morgan fingerprint density at radius 1 is 0.221 bits per heavy atom. The highest BCUT2D eigenvalue weighted by atomic mass is 15.0. The van der Waals surface area contributed by atoms with Gasteiger partial charge in [0.15, 0.2) is 0 Å². The molecule has 0 radical (unpaired) electrons. The Hall–Kier alpha value is -8.60. The molecule has 4 nitrogen and oxygen atoms in total. The molecule has 0 amide bonds. The molecule has 14 aromatic rings. The van der Waals surface area contributed by atoms with Gasteiger partial charge in [-0.25, -0.2) is 0 Å². The van der Waals surface area contributed by atoms with Gasteiger partial charge in [0.25, 0.3) is 0 Å². The van der Waals surface area contributed by atoms with Gasteiger partial charge in [-0.1, -0.05) is 119 Å². The number of aromatic nitrogens is 4. The number of para-hydroxylation sites is 4. The Balaban J connectivity index is 1.23. The molecule has 0 bridgehead atoms. The predicted octanol–water partition coefficient (Wildman–Crippen LogP) is 17.0. The second-order valence-corrected chi connectivity index (χ2v) is 18.9. The monoisotopic (exact) mass is 870 g/mol. The van der Waals surface area contributed by atoms with Crippen molar-refractivity contribution >= 4 is 87.2 Å². The molecule has 0 aliphatic carbocycles. The first-order chi connectivity index (χ1) is 33.4. The average molecular weight is 871 g/mol. The minimum absolute atomic E-state index is 1.13. The lowest BCUT2D eigenvalue weighted by Gasteiger charge is -2.21. The van der Waals surface area contributed by atoms with Crippen LogP contribution in [0.1, 0.15) is 22.3 Å². The van der Waals surface area contributed by atoms with Crippen LogP contribution in [0.3, 0.4) is 0 Å². The Morgan fingerprint density at radius 2 is 0.515 bits per heavy atom. The largest absolute Gasteiger partial charge is 0.309 e. The molecule has 0 fully saturated rings. The molecule has 4 aromatic heterocycles. The van der Waals surface area contributed by atoms with Crippen molar-refractivity contribution in [1.82, 2.24) is 18.3 Å². The summed E-state index contributed by atoms with van der Waals surface area (Å²) >= 11 is 0. The molecule has 0 unspecified atom stereocenters. The molecule has 4 heterocycles. The number of hydrogen-bond donors (Lipinski definition) is 0. The molecule has 0 atom stereocenters. The Bertz CT molecular complexity index is 4000. The van der Waals surface area contributed by atoms with Crippen LogP contribution in [0.2, 0.25) is 0 Å². The van der Waals surface area contributed by atoms with Crippen LogP contribution < -0.4 is 0 Å². The normalized spacial score (nSPS) is 12.1. The maximum absolute atomic E-state index is 2.55. The van der Waals surface area contributed by atoms with Crippen molar-refractivity contribution in [3.8, 4) is 33.9 Å². The van der Waals surface area contributed by atoms with Crippen molar-refractivity contribution in [3.63, 3.8) is 0 Å². The second-order valence-electron chi connectivity index (χ2n) is 18.9. The standard InChI is InChI=1S/C64H46N4/c1-39-23-27-57-47(31-39)48-32-40(2)24-28-58(48)67(57)63-35-51-45-19-11-13-21-55(45)65(43-15-7-5-8-16-43)61(51)37-53(63)54-38-62-52(46-20-12-14-22-56(46)66(62)44-17-9-6-10-18-44)36-64(54)68-59-29-25-41(3)33-49(59)50-34-42(4)26-30-60(50)68/h5-38H,1-4H3. The summed E-state index contributed by atoms with van der Waals surface area (Å²) in [7, 11) is 0. The van der Waals surface area contributed by atoms with Gasteiger partial charge in [0.1, 0.15) is 0 Å². The average Bonchev–Trinajstić information content (AvgIpc) is 4.07. The van der Waals surface area contributed by atoms with E-state index in [0.717, 1.165) is 44.9 Å². The van der Waals surface area contributed by atoms with Crippen molar-refractivity contribution in [1.29, 1.82) is 0 Å². The van der Waals surface area contributed by atoms with Gasteiger partial charge >= 0.3 is 0 Å². The Morgan fingerprint density at radius 3 is 0.868 bits per heavy atom. The Kier molecular flexibility index (Phi) is 8.21. The van der Waals surface area contributed by atoms with Gasteiger partial charge in [-0.05, 0) is 137 Å². The fourth-order valence-electron chi connectivity index (χ4n) is 11.5. The number of hydrogen-bond acceptors (Lipinski definition) is 0. The van der Waals surface area contributed by atoms with E-state index in [1.54, 1.807) is 0 Å². The molecule has 14 rings (SSSR count). The smallest absolute Gasteiger partial charge is 0.0549 e. The summed E-state index contributed by atoms with van der Waals surface area (Å²) < 4.78 is 10.0. The number of benzene rings is 10. The van der Waals surface area contributed by atoms with Crippen LogP contribution in [0, 0.1) is 27.7 Å². The van der Waals surface area contributed by atoms with Crippen molar-refractivity contribution in [2.24, 2.45) is 0 Å². The molecule has 4 heteroatoms. The third-order valence-corrected chi connectivity index (χ3v) is 14.5. The first-order valence-corrected chi connectivity index (χ1v) is 23.7. The number of nitrogens with zero attached hydrogens (tertiary/aromatic N) is 4. The van der Waals surface area contributed by atoms with Crippen LogP contribution in [0.5, 0.6) is 0 Å². The molecule has 0 spiro atoms. The summed E-state index contributed by atoms with van der Waals surface area (Å²) in [5.74, 6) is 0. The zero-order chi connectivity index (χ0) is 45.4. The van der Waals surface area contributed by atoms with Crippen LogP contribution in [-0.2, 0) is 0 Å². The fourth-order valence-corrected chi connectivity index (χ4v) is 11.5. The van der Waals surface area contributed by atoms with Gasteiger partial charge in [0, 0.05) is 65.6 Å². The molecule has 0 aliphatic heterocycles. The van der Waals surface area contributed by atoms with Crippen molar-refractivity contribution < 1.29 is 0 Å². The summed E-state index contributed by atoms with van der Waals surface area (Å²) in [6.07, 6.45) is 0. The molecule has 0 N–H and O–H groups in total. The summed E-state index contributed by atoms with van der Waals surface area (Å²) in [4.78, 5) is 0. The molecule has 0 saturated heterocycles. The van der Waals surface area contributed by atoms with Crippen LogP contribution in [0.25, 0.3) is 121 Å². The fraction of sp³-hybridized carbons (Fsp3) is 0.0625. The maximum atomic E-state index is 2.55. The van der Waals surface area contributed by atoms with E-state index in [1.807, 2.05) is 0 Å². The lowest BCUT2D eigenvalue weighted by molar-refractivity contribution is 1.15. The van der Waals surface area contributed by atoms with Crippen molar-refractivity contribution in [2.45, 2.75) is 27.7 Å². The van der Waals surface area contributed by atoms with E-state index >= 15 is 0 Å². The Labute approximate surface area is 393 Å². The molecule has 68 heavy (non-hydrogen) atoms. The van der Waals surface area contributed by atoms with E-state index in [9.17, 15) is 0 Å². The van der Waals surface area contributed by atoms with Gasteiger partial charge in [0.05, 0.1) is 55.5 Å². The van der Waals surface area contributed by atoms with Crippen molar-refractivity contribution in [3.05, 3.63) is 229 Å². The summed E-state index contributed by atoms with van der Waals surface area (Å²) in [6, 6.07) is 77.4. The van der Waals surface area contributed by atoms with E-state index in [2.05, 4.69) is 252 Å². The third kappa shape index (κ3) is 5.55. The van der Waals surface area contributed by atoms with Gasteiger partial charge in [0.2, 0.25) is 0 Å². The summed E-state index contributed by atoms with van der Waals surface area (Å²) in [5, 5.41) is 9.90. The molecule has 10 aromatic carbocycles. The van der Waals surface area contributed by atoms with E-state index in [-0.39, 0.29) is 0 Å². The SMILES string of the molecule is Cc1ccc2c(c1)c1cc(C)ccc1n2-c1cc2c3ccccc3n(-c3ccccc3)c2cc1-c1cc2c(cc1-n1c3ccc(C)cc3c3cc(C)ccc31)c1ccccc1n2-c1ccccc1. The highest BCUT2D eigenvalue weighted by Gasteiger charge is 2.26.